The second kappa shape index (κ2) is 11.9. The molecule has 28 heavy (non-hydrogen) atoms. The highest BCUT2D eigenvalue weighted by Gasteiger charge is 2.24. The van der Waals surface area contributed by atoms with E-state index in [1.807, 2.05) is 18.2 Å². The van der Waals surface area contributed by atoms with E-state index in [0.29, 0.717) is 12.4 Å². The molecule has 1 saturated heterocycles. The zero-order valence-corrected chi connectivity index (χ0v) is 18.9. The highest BCUT2D eigenvalue weighted by Crippen LogP contribution is 2.24. The van der Waals surface area contributed by atoms with E-state index in [1.54, 1.807) is 26.6 Å². The molecular weight excluding hydrogens is 469 g/mol. The first-order valence-electron chi connectivity index (χ1n) is 9.51. The minimum atomic E-state index is 0. The predicted molar refractivity (Wildman–Crippen MR) is 121 cm³/mol. The lowest BCUT2D eigenvalue weighted by Crippen LogP contribution is -2.44. The third kappa shape index (κ3) is 6.37. The van der Waals surface area contributed by atoms with Gasteiger partial charge in [0.05, 0.1) is 19.4 Å². The summed E-state index contributed by atoms with van der Waals surface area (Å²) in [6.07, 6.45) is 7.35. The largest absolute Gasteiger partial charge is 0.481 e. The van der Waals surface area contributed by atoms with Crippen LogP contribution in [0.1, 0.15) is 36.6 Å². The molecule has 1 unspecified atom stereocenters. The molecule has 8 heteroatoms. The van der Waals surface area contributed by atoms with E-state index in [4.69, 9.17) is 9.15 Å². The molecule has 1 fully saturated rings. The molecule has 2 aromatic heterocycles. The van der Waals surface area contributed by atoms with Crippen molar-refractivity contribution in [3.05, 3.63) is 48.0 Å². The average Bonchev–Trinajstić information content (AvgIpc) is 3.26. The fraction of sp³-hybridized carbons (Fsp3) is 0.500. The van der Waals surface area contributed by atoms with Gasteiger partial charge < -0.3 is 19.8 Å². The van der Waals surface area contributed by atoms with Crippen LogP contribution in [0.25, 0.3) is 0 Å². The fourth-order valence-corrected chi connectivity index (χ4v) is 3.36. The Balaban J connectivity index is 0.00000280. The van der Waals surface area contributed by atoms with Gasteiger partial charge in [0.2, 0.25) is 5.88 Å². The maximum Gasteiger partial charge on any atom is 0.212 e. The van der Waals surface area contributed by atoms with E-state index in [0.717, 1.165) is 36.9 Å². The maximum atomic E-state index is 5.70. The minimum Gasteiger partial charge on any atom is -0.481 e. The van der Waals surface area contributed by atoms with Gasteiger partial charge in [-0.15, -0.1) is 24.0 Å². The van der Waals surface area contributed by atoms with Crippen LogP contribution in [0.3, 0.4) is 0 Å². The van der Waals surface area contributed by atoms with Crippen molar-refractivity contribution < 1.29 is 9.15 Å². The molecule has 0 aromatic carbocycles. The summed E-state index contributed by atoms with van der Waals surface area (Å²) in [5, 5.41) is 6.78. The first-order valence-corrected chi connectivity index (χ1v) is 9.51. The van der Waals surface area contributed by atoms with Crippen LogP contribution in [0.4, 0.5) is 0 Å². The second-order valence-electron chi connectivity index (χ2n) is 6.64. The van der Waals surface area contributed by atoms with Crippen molar-refractivity contribution in [1.82, 2.24) is 20.5 Å². The summed E-state index contributed by atoms with van der Waals surface area (Å²) < 4.78 is 10.8. The molecule has 0 aliphatic carbocycles. The number of nitrogens with zero attached hydrogens (tertiary/aromatic N) is 3. The van der Waals surface area contributed by atoms with Gasteiger partial charge in [-0.1, -0.05) is 12.5 Å². The van der Waals surface area contributed by atoms with Crippen molar-refractivity contribution in [2.45, 2.75) is 31.8 Å². The first-order chi connectivity index (χ1) is 13.3. The Labute approximate surface area is 184 Å². The highest BCUT2D eigenvalue weighted by molar-refractivity contribution is 14.0. The van der Waals surface area contributed by atoms with Gasteiger partial charge in [0.25, 0.3) is 0 Å². The third-order valence-corrected chi connectivity index (χ3v) is 4.86. The van der Waals surface area contributed by atoms with Gasteiger partial charge in [0.1, 0.15) is 5.76 Å². The lowest BCUT2D eigenvalue weighted by atomic mass is 10.1. The Kier molecular flexibility index (Phi) is 9.56. The van der Waals surface area contributed by atoms with E-state index in [-0.39, 0.29) is 30.0 Å². The van der Waals surface area contributed by atoms with Gasteiger partial charge in [-0.05, 0) is 43.6 Å². The zero-order valence-electron chi connectivity index (χ0n) is 16.6. The summed E-state index contributed by atoms with van der Waals surface area (Å²) in [7, 11) is 3.40. The summed E-state index contributed by atoms with van der Waals surface area (Å²) in [6, 6.07) is 8.07. The molecule has 1 atom stereocenters. The van der Waals surface area contributed by atoms with Crippen LogP contribution in [0, 0.1) is 0 Å². The lowest BCUT2D eigenvalue weighted by molar-refractivity contribution is 0.146. The number of aromatic nitrogens is 1. The Morgan fingerprint density at radius 3 is 2.68 bits per heavy atom. The second-order valence-corrected chi connectivity index (χ2v) is 6.64. The third-order valence-electron chi connectivity index (χ3n) is 4.86. The normalized spacial score (nSPS) is 16.1. The van der Waals surface area contributed by atoms with Crippen molar-refractivity contribution in [2.75, 3.05) is 33.8 Å². The monoisotopic (exact) mass is 499 g/mol. The van der Waals surface area contributed by atoms with Crippen molar-refractivity contribution in [3.63, 3.8) is 0 Å². The molecule has 1 aliphatic rings. The molecule has 3 rings (SSSR count). The number of nitrogens with one attached hydrogen (secondary N) is 2. The first kappa shape index (κ1) is 22.5. The average molecular weight is 499 g/mol. The molecule has 2 N–H and O–H groups in total. The van der Waals surface area contributed by atoms with Gasteiger partial charge in [0, 0.05) is 32.4 Å². The van der Waals surface area contributed by atoms with Gasteiger partial charge in [-0.2, -0.15) is 0 Å². The van der Waals surface area contributed by atoms with E-state index in [2.05, 4.69) is 31.6 Å². The molecule has 0 radical (unpaired) electrons. The van der Waals surface area contributed by atoms with Crippen LogP contribution >= 0.6 is 24.0 Å². The number of ether oxygens (including phenoxy) is 1. The number of hydrogen-bond donors (Lipinski definition) is 2. The van der Waals surface area contributed by atoms with Crippen LogP contribution in [0.5, 0.6) is 5.88 Å². The molecule has 0 amide bonds. The number of halogens is 1. The van der Waals surface area contributed by atoms with Crippen molar-refractivity contribution in [3.8, 4) is 5.88 Å². The van der Waals surface area contributed by atoms with Crippen LogP contribution in [-0.4, -0.2) is 49.6 Å². The summed E-state index contributed by atoms with van der Waals surface area (Å²) in [4.78, 5) is 11.1. The van der Waals surface area contributed by atoms with Gasteiger partial charge >= 0.3 is 0 Å². The molecule has 154 valence electrons. The molecule has 0 spiro atoms. The summed E-state index contributed by atoms with van der Waals surface area (Å²) >= 11 is 0. The van der Waals surface area contributed by atoms with Gasteiger partial charge in [-0.3, -0.25) is 9.89 Å². The number of furan rings is 1. The van der Waals surface area contributed by atoms with Crippen LogP contribution in [-0.2, 0) is 6.54 Å². The number of methoxy groups -OCH3 is 1. The Morgan fingerprint density at radius 2 is 2.07 bits per heavy atom. The Morgan fingerprint density at radius 1 is 1.25 bits per heavy atom. The molecule has 1 aliphatic heterocycles. The summed E-state index contributed by atoms with van der Waals surface area (Å²) in [6.45, 7) is 3.60. The van der Waals surface area contributed by atoms with Crippen LogP contribution in [0.15, 0.2) is 46.1 Å². The number of pyridine rings is 1. The minimum absolute atomic E-state index is 0. The number of piperidine rings is 1. The van der Waals surface area contributed by atoms with Gasteiger partial charge in [-0.25, -0.2) is 4.98 Å². The molecule has 2 aromatic rings. The van der Waals surface area contributed by atoms with Crippen molar-refractivity contribution >= 4 is 29.9 Å². The van der Waals surface area contributed by atoms with E-state index in [1.165, 1.54) is 19.3 Å². The van der Waals surface area contributed by atoms with Crippen LogP contribution < -0.4 is 15.4 Å². The quantitative estimate of drug-likeness (QED) is 0.347. The highest BCUT2D eigenvalue weighted by atomic mass is 127. The van der Waals surface area contributed by atoms with E-state index >= 15 is 0 Å². The molecular formula is C20H30IN5O2. The molecule has 3 heterocycles. The van der Waals surface area contributed by atoms with Gasteiger partial charge in [0.15, 0.2) is 5.96 Å². The van der Waals surface area contributed by atoms with Crippen molar-refractivity contribution in [2.24, 2.45) is 4.99 Å². The fourth-order valence-electron chi connectivity index (χ4n) is 3.36. The predicted octanol–water partition coefficient (Wildman–Crippen LogP) is 3.19. The molecule has 0 saturated carbocycles. The lowest BCUT2D eigenvalue weighted by Gasteiger charge is -2.33. The van der Waals surface area contributed by atoms with Crippen LogP contribution in [0.2, 0.25) is 0 Å². The Bertz CT molecular complexity index is 700. The topological polar surface area (TPSA) is 74.9 Å². The van der Waals surface area contributed by atoms with E-state index < -0.39 is 0 Å². The number of likely N-dealkylation sites (tertiary alicyclic amines) is 1. The number of hydrogen-bond acceptors (Lipinski definition) is 5. The molecule has 7 nitrogen and oxygen atoms in total. The molecule has 0 bridgehead atoms. The van der Waals surface area contributed by atoms with E-state index in [9.17, 15) is 0 Å². The number of guanidine groups is 1. The number of aliphatic imine (C=N–C) groups is 1. The zero-order chi connectivity index (χ0) is 18.9. The smallest absolute Gasteiger partial charge is 0.212 e. The maximum absolute atomic E-state index is 5.70. The van der Waals surface area contributed by atoms with Crippen molar-refractivity contribution in [1.29, 1.82) is 0 Å². The summed E-state index contributed by atoms with van der Waals surface area (Å²) in [5.41, 5.74) is 1.07. The number of rotatable bonds is 7. The standard InChI is InChI=1S/C20H29N5O2.HI/c1-21-20(23-14-16-8-9-19(26-2)22-13-16)24-15-17(18-7-6-12-27-18)25-10-4-3-5-11-25;/h6-9,12-13,17H,3-5,10-11,14-15H2,1-2H3,(H2,21,23,24);1H. The SMILES string of the molecule is CN=C(NCc1ccc(OC)nc1)NCC(c1ccco1)N1CCCCC1.I. The Hall–Kier alpha value is -1.81. The summed E-state index contributed by atoms with van der Waals surface area (Å²) in [5.74, 6) is 2.38.